The lowest BCUT2D eigenvalue weighted by molar-refractivity contribution is 0.548. The first-order chi connectivity index (χ1) is 9.60. The highest BCUT2D eigenvalue weighted by Gasteiger charge is 2.13. The molecule has 0 aliphatic carbocycles. The van der Waals surface area contributed by atoms with E-state index in [-0.39, 0.29) is 11.9 Å². The first kappa shape index (κ1) is 15.5. The summed E-state index contributed by atoms with van der Waals surface area (Å²) in [6, 6.07) is 12.9. The van der Waals surface area contributed by atoms with Gasteiger partial charge in [0.25, 0.3) is 0 Å². The standard InChI is InChI=1S/C16H16BrClFN/c1-2-20-16(12-4-3-5-13(17)8-12)9-11-6-7-14(19)10-15(11)18/h3-8,10,16,20H,2,9H2,1H3. The Balaban J connectivity index is 2.25. The first-order valence-electron chi connectivity index (χ1n) is 6.53. The molecular weight excluding hydrogens is 341 g/mol. The van der Waals surface area contributed by atoms with Crippen LogP contribution < -0.4 is 5.32 Å². The second-order valence-corrected chi connectivity index (χ2v) is 5.93. The Labute approximate surface area is 132 Å². The van der Waals surface area contributed by atoms with Gasteiger partial charge in [-0.1, -0.05) is 52.7 Å². The van der Waals surface area contributed by atoms with Gasteiger partial charge in [0.2, 0.25) is 0 Å². The molecule has 0 bridgehead atoms. The summed E-state index contributed by atoms with van der Waals surface area (Å²) in [6.07, 6.45) is 0.726. The fourth-order valence-corrected chi connectivity index (χ4v) is 2.85. The van der Waals surface area contributed by atoms with Gasteiger partial charge in [-0.15, -0.1) is 0 Å². The summed E-state index contributed by atoms with van der Waals surface area (Å²) in [6.45, 7) is 2.92. The Kier molecular flexibility index (Phi) is 5.58. The van der Waals surface area contributed by atoms with Crippen LogP contribution in [0.3, 0.4) is 0 Å². The van der Waals surface area contributed by atoms with Crippen molar-refractivity contribution >= 4 is 27.5 Å². The van der Waals surface area contributed by atoms with Crippen LogP contribution in [0.15, 0.2) is 46.9 Å². The summed E-state index contributed by atoms with van der Waals surface area (Å²) in [5.41, 5.74) is 2.13. The van der Waals surface area contributed by atoms with Gasteiger partial charge >= 0.3 is 0 Å². The summed E-state index contributed by atoms with van der Waals surface area (Å²) >= 11 is 9.60. The summed E-state index contributed by atoms with van der Waals surface area (Å²) in [7, 11) is 0. The number of benzene rings is 2. The first-order valence-corrected chi connectivity index (χ1v) is 7.70. The van der Waals surface area contributed by atoms with Crippen LogP contribution in [0.5, 0.6) is 0 Å². The van der Waals surface area contributed by atoms with Gasteiger partial charge in [0.05, 0.1) is 0 Å². The van der Waals surface area contributed by atoms with Crippen molar-refractivity contribution < 1.29 is 4.39 Å². The van der Waals surface area contributed by atoms with Crippen molar-refractivity contribution in [1.29, 1.82) is 0 Å². The molecule has 0 amide bonds. The van der Waals surface area contributed by atoms with Gasteiger partial charge < -0.3 is 5.32 Å². The predicted octanol–water partition coefficient (Wildman–Crippen LogP) is 5.13. The highest BCUT2D eigenvalue weighted by Crippen LogP contribution is 2.26. The minimum atomic E-state index is -0.304. The van der Waals surface area contributed by atoms with Crippen molar-refractivity contribution in [3.05, 3.63) is 68.9 Å². The predicted molar refractivity (Wildman–Crippen MR) is 85.7 cm³/mol. The third kappa shape index (κ3) is 4.05. The fraction of sp³-hybridized carbons (Fsp3) is 0.250. The molecular formula is C16H16BrClFN. The number of rotatable bonds is 5. The molecule has 0 fully saturated rings. The second kappa shape index (κ2) is 7.21. The summed E-state index contributed by atoms with van der Waals surface area (Å²) in [4.78, 5) is 0. The lowest BCUT2D eigenvalue weighted by Gasteiger charge is -2.19. The highest BCUT2D eigenvalue weighted by atomic mass is 79.9. The molecule has 0 spiro atoms. The van der Waals surface area contributed by atoms with Crippen LogP contribution in [-0.4, -0.2) is 6.54 Å². The number of likely N-dealkylation sites (N-methyl/N-ethyl adjacent to an activating group) is 1. The lowest BCUT2D eigenvalue weighted by atomic mass is 9.99. The molecule has 0 aliphatic heterocycles. The molecule has 1 N–H and O–H groups in total. The van der Waals surface area contributed by atoms with Gasteiger partial charge in [0, 0.05) is 15.5 Å². The Hall–Kier alpha value is -0.900. The average Bonchev–Trinajstić information content (AvgIpc) is 2.41. The van der Waals surface area contributed by atoms with Crippen molar-refractivity contribution in [3.8, 4) is 0 Å². The molecule has 1 atom stereocenters. The fourth-order valence-electron chi connectivity index (χ4n) is 2.18. The maximum atomic E-state index is 13.1. The van der Waals surface area contributed by atoms with Gasteiger partial charge in [-0.2, -0.15) is 0 Å². The van der Waals surface area contributed by atoms with Gasteiger partial charge in [0.15, 0.2) is 0 Å². The van der Waals surface area contributed by atoms with Crippen LogP contribution in [0.1, 0.15) is 24.1 Å². The van der Waals surface area contributed by atoms with E-state index >= 15 is 0 Å². The Morgan fingerprint density at radius 3 is 2.70 bits per heavy atom. The molecule has 1 nitrogen and oxygen atoms in total. The van der Waals surface area contributed by atoms with Crippen molar-refractivity contribution in [2.45, 2.75) is 19.4 Å². The van der Waals surface area contributed by atoms with E-state index in [4.69, 9.17) is 11.6 Å². The zero-order valence-corrected chi connectivity index (χ0v) is 13.5. The smallest absolute Gasteiger partial charge is 0.124 e. The number of hydrogen-bond acceptors (Lipinski definition) is 1. The van der Waals surface area contributed by atoms with Gasteiger partial charge in [-0.3, -0.25) is 0 Å². The molecule has 0 saturated carbocycles. The van der Waals surface area contributed by atoms with E-state index in [0.29, 0.717) is 5.02 Å². The number of halogens is 3. The largest absolute Gasteiger partial charge is 0.310 e. The van der Waals surface area contributed by atoms with E-state index < -0.39 is 0 Å². The van der Waals surface area contributed by atoms with Crippen LogP contribution >= 0.6 is 27.5 Å². The van der Waals surface area contributed by atoms with Crippen LogP contribution in [0.4, 0.5) is 4.39 Å². The maximum absolute atomic E-state index is 13.1. The van der Waals surface area contributed by atoms with Crippen molar-refractivity contribution in [3.63, 3.8) is 0 Å². The third-order valence-electron chi connectivity index (χ3n) is 3.14. The molecule has 106 valence electrons. The zero-order valence-electron chi connectivity index (χ0n) is 11.2. The SMILES string of the molecule is CCNC(Cc1ccc(F)cc1Cl)c1cccc(Br)c1. The topological polar surface area (TPSA) is 12.0 Å². The zero-order chi connectivity index (χ0) is 14.5. The van der Waals surface area contributed by atoms with E-state index in [1.165, 1.54) is 17.7 Å². The monoisotopic (exact) mass is 355 g/mol. The summed E-state index contributed by atoms with van der Waals surface area (Å²) in [5, 5.41) is 3.92. The molecule has 1 unspecified atom stereocenters. The van der Waals surface area contributed by atoms with Gasteiger partial charge in [-0.05, 0) is 48.4 Å². The Morgan fingerprint density at radius 2 is 2.05 bits per heavy atom. The molecule has 0 saturated heterocycles. The van der Waals surface area contributed by atoms with Crippen LogP contribution in [0.2, 0.25) is 5.02 Å². The van der Waals surface area contributed by atoms with Crippen molar-refractivity contribution in [2.75, 3.05) is 6.54 Å². The molecule has 0 aromatic heterocycles. The Bertz CT molecular complexity index is 588. The van der Waals surface area contributed by atoms with Crippen molar-refractivity contribution in [2.24, 2.45) is 0 Å². The van der Waals surface area contributed by atoms with Gasteiger partial charge in [0.1, 0.15) is 5.82 Å². The highest BCUT2D eigenvalue weighted by molar-refractivity contribution is 9.10. The molecule has 2 aromatic rings. The van der Waals surface area contributed by atoms with E-state index in [1.807, 2.05) is 12.1 Å². The van der Waals surface area contributed by atoms with E-state index in [0.717, 1.165) is 23.0 Å². The van der Waals surface area contributed by atoms with Crippen LogP contribution in [-0.2, 0) is 6.42 Å². The normalized spacial score (nSPS) is 12.4. The van der Waals surface area contributed by atoms with Crippen LogP contribution in [0.25, 0.3) is 0 Å². The maximum Gasteiger partial charge on any atom is 0.124 e. The van der Waals surface area contributed by atoms with E-state index in [9.17, 15) is 4.39 Å². The minimum absolute atomic E-state index is 0.153. The van der Waals surface area contributed by atoms with Gasteiger partial charge in [-0.25, -0.2) is 4.39 Å². The number of hydrogen-bond donors (Lipinski definition) is 1. The Morgan fingerprint density at radius 1 is 1.25 bits per heavy atom. The quantitative estimate of drug-likeness (QED) is 0.782. The second-order valence-electron chi connectivity index (χ2n) is 4.61. The van der Waals surface area contributed by atoms with Crippen LogP contribution in [0, 0.1) is 5.82 Å². The lowest BCUT2D eigenvalue weighted by Crippen LogP contribution is -2.23. The van der Waals surface area contributed by atoms with E-state index in [1.54, 1.807) is 6.07 Å². The molecule has 0 aliphatic rings. The summed E-state index contributed by atoms with van der Waals surface area (Å²) in [5.74, 6) is -0.304. The third-order valence-corrected chi connectivity index (χ3v) is 3.99. The molecule has 0 radical (unpaired) electrons. The molecule has 4 heteroatoms. The molecule has 0 heterocycles. The molecule has 2 aromatic carbocycles. The molecule has 2 rings (SSSR count). The van der Waals surface area contributed by atoms with E-state index in [2.05, 4.69) is 40.3 Å². The molecule has 20 heavy (non-hydrogen) atoms. The number of nitrogens with one attached hydrogen (secondary N) is 1. The van der Waals surface area contributed by atoms with Crippen molar-refractivity contribution in [1.82, 2.24) is 5.32 Å². The summed E-state index contributed by atoms with van der Waals surface area (Å²) < 4.78 is 14.1. The minimum Gasteiger partial charge on any atom is -0.310 e. The average molecular weight is 357 g/mol.